The molecule has 2 saturated heterocycles. The molecule has 0 bridgehead atoms. The van der Waals surface area contributed by atoms with Gasteiger partial charge in [-0.15, -0.1) is 0 Å². The van der Waals surface area contributed by atoms with Crippen LogP contribution in [0.1, 0.15) is 39.5 Å². The Morgan fingerprint density at radius 3 is 2.76 bits per heavy atom. The fourth-order valence-electron chi connectivity index (χ4n) is 2.52. The van der Waals surface area contributed by atoms with Crippen LogP contribution in [0.15, 0.2) is 0 Å². The maximum absolute atomic E-state index is 11.9. The summed E-state index contributed by atoms with van der Waals surface area (Å²) in [5.41, 5.74) is 6.02. The van der Waals surface area contributed by atoms with Gasteiger partial charge in [-0.2, -0.15) is 0 Å². The third-order valence-corrected chi connectivity index (χ3v) is 4.18. The molecule has 0 spiro atoms. The first-order valence-corrected chi connectivity index (χ1v) is 6.69. The van der Waals surface area contributed by atoms with Gasteiger partial charge >= 0.3 is 0 Å². The molecule has 0 aliphatic carbocycles. The van der Waals surface area contributed by atoms with E-state index in [2.05, 4.69) is 13.8 Å². The molecule has 2 rings (SSSR count). The van der Waals surface area contributed by atoms with Crippen LogP contribution in [0.2, 0.25) is 0 Å². The van der Waals surface area contributed by atoms with E-state index in [-0.39, 0.29) is 11.4 Å². The first-order valence-electron chi connectivity index (χ1n) is 6.69. The number of carbonyl (C=O) groups excluding carboxylic acids is 1. The molecule has 2 aliphatic rings. The first-order chi connectivity index (χ1) is 8.01. The van der Waals surface area contributed by atoms with Crippen molar-refractivity contribution in [3.8, 4) is 0 Å². The number of hydrogen-bond donors (Lipinski definition) is 1. The lowest BCUT2D eigenvalue weighted by molar-refractivity contribution is -0.140. The number of ether oxygens (including phenoxy) is 1. The lowest BCUT2D eigenvalue weighted by atomic mass is 9.80. The fourth-order valence-corrected chi connectivity index (χ4v) is 2.52. The lowest BCUT2D eigenvalue weighted by Crippen LogP contribution is -2.71. The molecule has 2 fully saturated rings. The van der Waals surface area contributed by atoms with Crippen LogP contribution in [0.25, 0.3) is 0 Å². The largest absolute Gasteiger partial charge is 0.378 e. The summed E-state index contributed by atoms with van der Waals surface area (Å²) in [4.78, 5) is 13.8. The van der Waals surface area contributed by atoms with Crippen molar-refractivity contribution in [3.05, 3.63) is 0 Å². The van der Waals surface area contributed by atoms with Gasteiger partial charge in [-0.25, -0.2) is 0 Å². The van der Waals surface area contributed by atoms with Crippen molar-refractivity contribution in [2.45, 2.75) is 51.2 Å². The van der Waals surface area contributed by atoms with Crippen molar-refractivity contribution in [1.82, 2.24) is 4.90 Å². The summed E-state index contributed by atoms with van der Waals surface area (Å²) in [6, 6.07) is 0. The summed E-state index contributed by atoms with van der Waals surface area (Å²) in [5, 5.41) is 0. The van der Waals surface area contributed by atoms with Gasteiger partial charge in [-0.3, -0.25) is 4.79 Å². The highest BCUT2D eigenvalue weighted by Gasteiger charge is 2.43. The van der Waals surface area contributed by atoms with Gasteiger partial charge in [-0.05, 0) is 25.2 Å². The molecular weight excluding hydrogens is 216 g/mol. The molecule has 2 heterocycles. The number of rotatable bonds is 4. The molecule has 1 atom stereocenters. The highest BCUT2D eigenvalue weighted by molar-refractivity contribution is 5.77. The van der Waals surface area contributed by atoms with E-state index in [0.717, 1.165) is 39.0 Å². The van der Waals surface area contributed by atoms with Crippen molar-refractivity contribution in [2.24, 2.45) is 11.7 Å². The topological polar surface area (TPSA) is 55.6 Å². The van der Waals surface area contributed by atoms with Gasteiger partial charge in [0, 0.05) is 26.1 Å². The van der Waals surface area contributed by atoms with E-state index in [1.54, 1.807) is 0 Å². The molecule has 1 amide bonds. The zero-order valence-electron chi connectivity index (χ0n) is 10.9. The number of amides is 1. The third kappa shape index (κ3) is 2.80. The Hall–Kier alpha value is -0.610. The SMILES string of the molecule is CC(C)C1(N)CN(C(=O)CCC2CCCO2)C1. The molecule has 4 nitrogen and oxygen atoms in total. The Bertz CT molecular complexity index is 279. The van der Waals surface area contributed by atoms with Crippen molar-refractivity contribution < 1.29 is 9.53 Å². The molecule has 17 heavy (non-hydrogen) atoms. The monoisotopic (exact) mass is 240 g/mol. The number of carbonyl (C=O) groups is 1. The second kappa shape index (κ2) is 4.94. The summed E-state index contributed by atoms with van der Waals surface area (Å²) in [7, 11) is 0. The van der Waals surface area contributed by atoms with E-state index in [4.69, 9.17) is 10.5 Å². The number of nitrogens with two attached hydrogens (primary N) is 1. The summed E-state index contributed by atoms with van der Waals surface area (Å²) in [6.07, 6.45) is 4.04. The van der Waals surface area contributed by atoms with Crippen LogP contribution in [0, 0.1) is 5.92 Å². The van der Waals surface area contributed by atoms with Gasteiger partial charge in [0.25, 0.3) is 0 Å². The zero-order chi connectivity index (χ0) is 12.5. The fraction of sp³-hybridized carbons (Fsp3) is 0.923. The van der Waals surface area contributed by atoms with Gasteiger partial charge in [-0.1, -0.05) is 13.8 Å². The smallest absolute Gasteiger partial charge is 0.222 e. The first kappa shape index (κ1) is 12.8. The average Bonchev–Trinajstić information content (AvgIpc) is 2.73. The Balaban J connectivity index is 1.68. The molecule has 2 N–H and O–H groups in total. The highest BCUT2D eigenvalue weighted by Crippen LogP contribution is 2.27. The van der Waals surface area contributed by atoms with Crippen molar-refractivity contribution in [3.63, 3.8) is 0 Å². The lowest BCUT2D eigenvalue weighted by Gasteiger charge is -2.50. The minimum atomic E-state index is -0.153. The Morgan fingerprint density at radius 1 is 1.53 bits per heavy atom. The minimum absolute atomic E-state index is 0.153. The zero-order valence-corrected chi connectivity index (χ0v) is 10.9. The summed E-state index contributed by atoms with van der Waals surface area (Å²) in [5.74, 6) is 0.673. The van der Waals surface area contributed by atoms with Crippen molar-refractivity contribution in [2.75, 3.05) is 19.7 Å². The number of likely N-dealkylation sites (tertiary alicyclic amines) is 1. The second-order valence-electron chi connectivity index (χ2n) is 5.81. The van der Waals surface area contributed by atoms with Gasteiger partial charge in [0.2, 0.25) is 5.91 Å². The van der Waals surface area contributed by atoms with Gasteiger partial charge in [0.05, 0.1) is 11.6 Å². The van der Waals surface area contributed by atoms with E-state index in [9.17, 15) is 4.79 Å². The quantitative estimate of drug-likeness (QED) is 0.801. The normalized spacial score (nSPS) is 27.3. The standard InChI is InChI=1S/C13H24N2O2/c1-10(2)13(14)8-15(9-13)12(16)6-5-11-4-3-7-17-11/h10-11H,3-9,14H2,1-2H3. The molecule has 1 unspecified atom stereocenters. The molecule has 98 valence electrons. The van der Waals surface area contributed by atoms with E-state index in [1.807, 2.05) is 4.90 Å². The van der Waals surface area contributed by atoms with E-state index >= 15 is 0 Å². The van der Waals surface area contributed by atoms with Crippen LogP contribution in [0.4, 0.5) is 0 Å². The number of nitrogens with zero attached hydrogens (tertiary/aromatic N) is 1. The molecule has 0 radical (unpaired) electrons. The van der Waals surface area contributed by atoms with Crippen LogP contribution in [0.5, 0.6) is 0 Å². The maximum Gasteiger partial charge on any atom is 0.222 e. The minimum Gasteiger partial charge on any atom is -0.378 e. The van der Waals surface area contributed by atoms with Gasteiger partial charge in [0.1, 0.15) is 0 Å². The Labute approximate surface area is 103 Å². The van der Waals surface area contributed by atoms with Crippen molar-refractivity contribution >= 4 is 5.91 Å². The van der Waals surface area contributed by atoms with E-state index < -0.39 is 0 Å². The van der Waals surface area contributed by atoms with Crippen molar-refractivity contribution in [1.29, 1.82) is 0 Å². The molecule has 0 saturated carbocycles. The molecule has 2 aliphatic heterocycles. The summed E-state index contributed by atoms with van der Waals surface area (Å²) < 4.78 is 5.52. The Kier molecular flexibility index (Phi) is 3.73. The molecule has 0 aromatic heterocycles. The highest BCUT2D eigenvalue weighted by atomic mass is 16.5. The van der Waals surface area contributed by atoms with Crippen LogP contribution in [-0.2, 0) is 9.53 Å². The molecule has 4 heteroatoms. The van der Waals surface area contributed by atoms with E-state index in [0.29, 0.717) is 18.4 Å². The molecule has 0 aromatic carbocycles. The third-order valence-electron chi connectivity index (χ3n) is 4.18. The van der Waals surface area contributed by atoms with Gasteiger partial charge < -0.3 is 15.4 Å². The van der Waals surface area contributed by atoms with E-state index in [1.165, 1.54) is 0 Å². The Morgan fingerprint density at radius 2 is 2.24 bits per heavy atom. The van der Waals surface area contributed by atoms with Crippen LogP contribution in [-0.4, -0.2) is 42.1 Å². The summed E-state index contributed by atoms with van der Waals surface area (Å²) in [6.45, 7) is 6.54. The predicted octanol–water partition coefficient (Wildman–Crippen LogP) is 1.14. The number of hydrogen-bond acceptors (Lipinski definition) is 3. The van der Waals surface area contributed by atoms with Crippen LogP contribution in [0.3, 0.4) is 0 Å². The molecular formula is C13H24N2O2. The predicted molar refractivity (Wildman–Crippen MR) is 66.5 cm³/mol. The average molecular weight is 240 g/mol. The summed E-state index contributed by atoms with van der Waals surface area (Å²) >= 11 is 0. The molecule has 0 aromatic rings. The van der Waals surface area contributed by atoms with Crippen LogP contribution >= 0.6 is 0 Å². The second-order valence-corrected chi connectivity index (χ2v) is 5.81. The van der Waals surface area contributed by atoms with Crippen LogP contribution < -0.4 is 5.73 Å². The van der Waals surface area contributed by atoms with Gasteiger partial charge in [0.15, 0.2) is 0 Å². The maximum atomic E-state index is 11.9.